The third-order valence-electron chi connectivity index (χ3n) is 2.67. The number of ether oxygens (including phenoxy) is 2. The fourth-order valence-corrected chi connectivity index (χ4v) is 1.96. The number of benzene rings is 1. The van der Waals surface area contributed by atoms with Crippen molar-refractivity contribution >= 4 is 11.6 Å². The van der Waals surface area contributed by atoms with Gasteiger partial charge >= 0.3 is 0 Å². The molecule has 0 fully saturated rings. The minimum absolute atomic E-state index is 0.185. The van der Waals surface area contributed by atoms with Gasteiger partial charge in [-0.15, -0.1) is 0 Å². The van der Waals surface area contributed by atoms with Gasteiger partial charge in [-0.25, -0.2) is 0 Å². The first-order chi connectivity index (χ1) is 7.52. The van der Waals surface area contributed by atoms with E-state index in [2.05, 4.69) is 0 Å². The summed E-state index contributed by atoms with van der Waals surface area (Å²) < 4.78 is 10.6. The Morgan fingerprint density at radius 1 is 1.50 bits per heavy atom. The van der Waals surface area contributed by atoms with Crippen LogP contribution in [0.3, 0.4) is 0 Å². The van der Waals surface area contributed by atoms with Gasteiger partial charge in [-0.3, -0.25) is 0 Å². The molecule has 1 aliphatic heterocycles. The van der Waals surface area contributed by atoms with Gasteiger partial charge in [0.15, 0.2) is 11.5 Å². The number of hydrogen-bond donors (Lipinski definition) is 2. The van der Waals surface area contributed by atoms with E-state index in [9.17, 15) is 5.11 Å². The summed E-state index contributed by atoms with van der Waals surface area (Å²) >= 11 is 6.16. The molecule has 16 heavy (non-hydrogen) atoms. The van der Waals surface area contributed by atoms with Gasteiger partial charge in [0.1, 0.15) is 0 Å². The van der Waals surface area contributed by atoms with Crippen LogP contribution < -0.4 is 15.2 Å². The summed E-state index contributed by atoms with van der Waals surface area (Å²) in [4.78, 5) is 0. The summed E-state index contributed by atoms with van der Waals surface area (Å²) in [5, 5.41) is 10.4. The normalized spacial score (nSPS) is 17.3. The topological polar surface area (TPSA) is 64.7 Å². The number of halogens is 1. The second-order valence-electron chi connectivity index (χ2n) is 3.94. The van der Waals surface area contributed by atoms with Crippen molar-refractivity contribution in [1.29, 1.82) is 0 Å². The van der Waals surface area contributed by atoms with Crippen LogP contribution in [0.5, 0.6) is 11.5 Å². The Bertz CT molecular complexity index is 420. The molecule has 0 aliphatic carbocycles. The molecular formula is C11H14ClNO3. The molecule has 0 saturated carbocycles. The number of aliphatic hydroxyl groups excluding tert-OH is 1. The van der Waals surface area contributed by atoms with Crippen LogP contribution in [-0.2, 0) is 0 Å². The molecule has 0 radical (unpaired) electrons. The quantitative estimate of drug-likeness (QED) is 0.831. The van der Waals surface area contributed by atoms with Gasteiger partial charge in [-0.05, 0) is 19.9 Å². The standard InChI is InChI=1S/C11H14ClNO3/c1-5-9(12)7(10(14)6(2)13)3-8-11(5)16-4-15-8/h3,6,10,14H,4,13H2,1-2H3. The van der Waals surface area contributed by atoms with Crippen LogP contribution in [-0.4, -0.2) is 17.9 Å². The summed E-state index contributed by atoms with van der Waals surface area (Å²) in [6.45, 7) is 3.73. The number of hydrogen-bond acceptors (Lipinski definition) is 4. The number of rotatable bonds is 2. The molecule has 1 heterocycles. The van der Waals surface area contributed by atoms with Crippen molar-refractivity contribution in [1.82, 2.24) is 0 Å². The molecule has 0 spiro atoms. The zero-order valence-electron chi connectivity index (χ0n) is 9.16. The van der Waals surface area contributed by atoms with Gasteiger partial charge in [0, 0.05) is 17.2 Å². The zero-order valence-corrected chi connectivity index (χ0v) is 9.91. The van der Waals surface area contributed by atoms with E-state index in [4.69, 9.17) is 26.8 Å². The smallest absolute Gasteiger partial charge is 0.231 e. The second-order valence-corrected chi connectivity index (χ2v) is 4.32. The summed E-state index contributed by atoms with van der Waals surface area (Å²) in [5.74, 6) is 1.25. The first kappa shape index (κ1) is 11.5. The molecule has 1 aromatic rings. The highest BCUT2D eigenvalue weighted by Crippen LogP contribution is 2.43. The lowest BCUT2D eigenvalue weighted by atomic mass is 10.0. The third kappa shape index (κ3) is 1.73. The predicted molar refractivity (Wildman–Crippen MR) is 60.9 cm³/mol. The van der Waals surface area contributed by atoms with Crippen molar-refractivity contribution in [3.05, 3.63) is 22.2 Å². The molecule has 3 N–H and O–H groups in total. The lowest BCUT2D eigenvalue weighted by Gasteiger charge is -2.18. The molecule has 0 bridgehead atoms. The van der Waals surface area contributed by atoms with Crippen LogP contribution in [0.2, 0.25) is 5.02 Å². The Labute approximate surface area is 98.9 Å². The Kier molecular flexibility index (Phi) is 2.97. The summed E-state index contributed by atoms with van der Waals surface area (Å²) in [6.07, 6.45) is -0.805. The van der Waals surface area contributed by atoms with Crippen LogP contribution in [0.15, 0.2) is 6.07 Å². The van der Waals surface area contributed by atoms with Crippen molar-refractivity contribution in [2.75, 3.05) is 6.79 Å². The fourth-order valence-electron chi connectivity index (χ4n) is 1.71. The van der Waals surface area contributed by atoms with E-state index in [1.54, 1.807) is 13.0 Å². The Morgan fingerprint density at radius 3 is 2.81 bits per heavy atom. The lowest BCUT2D eigenvalue weighted by Crippen LogP contribution is -2.24. The van der Waals surface area contributed by atoms with E-state index in [-0.39, 0.29) is 6.79 Å². The molecule has 5 heteroatoms. The summed E-state index contributed by atoms with van der Waals surface area (Å²) in [5.41, 5.74) is 7.00. The fraction of sp³-hybridized carbons (Fsp3) is 0.455. The van der Waals surface area contributed by atoms with Crippen molar-refractivity contribution in [2.45, 2.75) is 26.0 Å². The van der Waals surface area contributed by atoms with E-state index in [1.165, 1.54) is 0 Å². The van der Waals surface area contributed by atoms with Crippen LogP contribution in [0.1, 0.15) is 24.2 Å². The van der Waals surface area contributed by atoms with E-state index in [0.29, 0.717) is 22.1 Å². The van der Waals surface area contributed by atoms with Crippen molar-refractivity contribution in [3.8, 4) is 11.5 Å². The van der Waals surface area contributed by atoms with E-state index >= 15 is 0 Å². The summed E-state index contributed by atoms with van der Waals surface area (Å²) in [6, 6.07) is 1.29. The first-order valence-corrected chi connectivity index (χ1v) is 5.42. The monoisotopic (exact) mass is 243 g/mol. The van der Waals surface area contributed by atoms with Gasteiger partial charge in [0.05, 0.1) is 11.1 Å². The Morgan fingerprint density at radius 2 is 2.19 bits per heavy atom. The second kappa shape index (κ2) is 4.13. The molecule has 1 aliphatic rings. The van der Waals surface area contributed by atoms with Crippen molar-refractivity contribution < 1.29 is 14.6 Å². The van der Waals surface area contributed by atoms with Crippen LogP contribution in [0.4, 0.5) is 0 Å². The van der Waals surface area contributed by atoms with E-state index in [0.717, 1.165) is 5.56 Å². The molecular weight excluding hydrogens is 230 g/mol. The molecule has 2 atom stereocenters. The third-order valence-corrected chi connectivity index (χ3v) is 3.17. The molecule has 2 unspecified atom stereocenters. The SMILES string of the molecule is Cc1c(Cl)c(C(O)C(C)N)cc2c1OCO2. The van der Waals surface area contributed by atoms with Gasteiger partial charge in [0.2, 0.25) is 6.79 Å². The van der Waals surface area contributed by atoms with Gasteiger partial charge < -0.3 is 20.3 Å². The van der Waals surface area contributed by atoms with Crippen molar-refractivity contribution in [2.24, 2.45) is 5.73 Å². The number of nitrogens with two attached hydrogens (primary N) is 1. The van der Waals surface area contributed by atoms with Gasteiger partial charge in [0.25, 0.3) is 0 Å². The minimum Gasteiger partial charge on any atom is -0.454 e. The largest absolute Gasteiger partial charge is 0.454 e. The zero-order chi connectivity index (χ0) is 11.9. The average molecular weight is 244 g/mol. The molecule has 4 nitrogen and oxygen atoms in total. The molecule has 0 aromatic heterocycles. The lowest BCUT2D eigenvalue weighted by molar-refractivity contribution is 0.152. The molecule has 2 rings (SSSR count). The Balaban J connectivity index is 2.51. The van der Waals surface area contributed by atoms with E-state index < -0.39 is 12.1 Å². The number of aliphatic hydroxyl groups is 1. The van der Waals surface area contributed by atoms with Crippen LogP contribution in [0, 0.1) is 6.92 Å². The first-order valence-electron chi connectivity index (χ1n) is 5.04. The molecule has 0 saturated heterocycles. The highest BCUT2D eigenvalue weighted by atomic mass is 35.5. The van der Waals surface area contributed by atoms with E-state index in [1.807, 2.05) is 6.92 Å². The van der Waals surface area contributed by atoms with Crippen LogP contribution in [0.25, 0.3) is 0 Å². The Hall–Kier alpha value is -0.970. The predicted octanol–water partition coefficient (Wildman–Crippen LogP) is 1.76. The maximum absolute atomic E-state index is 9.93. The maximum atomic E-state index is 9.93. The highest BCUT2D eigenvalue weighted by molar-refractivity contribution is 6.32. The molecule has 88 valence electrons. The average Bonchev–Trinajstić information content (AvgIpc) is 2.70. The number of fused-ring (bicyclic) bond motifs is 1. The molecule has 0 amide bonds. The van der Waals surface area contributed by atoms with Crippen LogP contribution >= 0.6 is 11.6 Å². The maximum Gasteiger partial charge on any atom is 0.231 e. The molecule has 1 aromatic carbocycles. The van der Waals surface area contributed by atoms with Gasteiger partial charge in [-0.2, -0.15) is 0 Å². The minimum atomic E-state index is -0.805. The summed E-state index contributed by atoms with van der Waals surface area (Å²) in [7, 11) is 0. The highest BCUT2D eigenvalue weighted by Gasteiger charge is 2.25. The van der Waals surface area contributed by atoms with Crippen molar-refractivity contribution in [3.63, 3.8) is 0 Å². The van der Waals surface area contributed by atoms with Gasteiger partial charge in [-0.1, -0.05) is 11.6 Å².